The minimum Gasteiger partial charge on any atom is -0.299 e. The summed E-state index contributed by atoms with van der Waals surface area (Å²) in [7, 11) is 0. The quantitative estimate of drug-likeness (QED) is 0.643. The molecule has 0 spiro atoms. The van der Waals surface area contributed by atoms with Crippen LogP contribution >= 0.6 is 0 Å². The van der Waals surface area contributed by atoms with Crippen molar-refractivity contribution in [3.05, 3.63) is 25.3 Å². The molecule has 0 saturated heterocycles. The lowest BCUT2D eigenvalue weighted by molar-refractivity contribution is -0.126. The first-order valence-corrected chi connectivity index (χ1v) is 6.50. The summed E-state index contributed by atoms with van der Waals surface area (Å²) < 4.78 is 0. The van der Waals surface area contributed by atoms with Gasteiger partial charge in [-0.3, -0.25) is 9.79 Å². The van der Waals surface area contributed by atoms with Crippen LogP contribution in [-0.4, -0.2) is 18.0 Å². The van der Waals surface area contributed by atoms with Crippen LogP contribution in [0.1, 0.15) is 45.4 Å². The summed E-state index contributed by atoms with van der Waals surface area (Å²) in [4.78, 5) is 16.9. The van der Waals surface area contributed by atoms with Crippen molar-refractivity contribution in [1.29, 1.82) is 0 Å². The van der Waals surface area contributed by atoms with Crippen molar-refractivity contribution < 1.29 is 4.79 Å². The molecular formula is C15H23NO. The van der Waals surface area contributed by atoms with E-state index in [9.17, 15) is 4.79 Å². The van der Waals surface area contributed by atoms with Crippen molar-refractivity contribution in [3.63, 3.8) is 0 Å². The fourth-order valence-electron chi connectivity index (χ4n) is 2.57. The number of rotatable bonds is 6. The maximum absolute atomic E-state index is 12.3. The van der Waals surface area contributed by atoms with E-state index in [1.165, 1.54) is 0 Å². The Morgan fingerprint density at radius 3 is 2.47 bits per heavy atom. The van der Waals surface area contributed by atoms with E-state index >= 15 is 0 Å². The van der Waals surface area contributed by atoms with E-state index in [0.717, 1.165) is 31.5 Å². The van der Waals surface area contributed by atoms with E-state index in [1.807, 2.05) is 12.2 Å². The molecule has 0 unspecified atom stereocenters. The number of nitrogens with zero attached hydrogens (tertiary/aromatic N) is 1. The third-order valence-electron chi connectivity index (χ3n) is 3.42. The van der Waals surface area contributed by atoms with Gasteiger partial charge >= 0.3 is 0 Å². The summed E-state index contributed by atoms with van der Waals surface area (Å²) in [6.45, 7) is 10.5. The predicted molar refractivity (Wildman–Crippen MR) is 73.5 cm³/mol. The second-order valence-corrected chi connectivity index (χ2v) is 4.67. The Labute approximate surface area is 105 Å². The zero-order valence-corrected chi connectivity index (χ0v) is 10.9. The molecule has 1 saturated carbocycles. The van der Waals surface area contributed by atoms with Gasteiger partial charge in [0.2, 0.25) is 0 Å². The number of carbonyl (C=O) groups is 1. The Morgan fingerprint density at radius 1 is 1.29 bits per heavy atom. The molecule has 17 heavy (non-hydrogen) atoms. The molecule has 0 aromatic carbocycles. The van der Waals surface area contributed by atoms with Crippen molar-refractivity contribution in [1.82, 2.24) is 0 Å². The van der Waals surface area contributed by atoms with Crippen LogP contribution in [0, 0.1) is 5.41 Å². The summed E-state index contributed by atoms with van der Waals surface area (Å²) in [5.41, 5.74) is 0.659. The summed E-state index contributed by atoms with van der Waals surface area (Å²) in [5.74, 6) is 0.318. The number of carbonyl (C=O) groups excluding carboxylic acids is 1. The molecule has 94 valence electrons. The van der Waals surface area contributed by atoms with Gasteiger partial charge in [0, 0.05) is 18.7 Å². The molecule has 0 heterocycles. The molecule has 0 radical (unpaired) electrons. The third-order valence-corrected chi connectivity index (χ3v) is 3.42. The molecule has 0 bridgehead atoms. The highest BCUT2D eigenvalue weighted by Crippen LogP contribution is 2.38. The van der Waals surface area contributed by atoms with E-state index < -0.39 is 5.41 Å². The van der Waals surface area contributed by atoms with Crippen molar-refractivity contribution >= 4 is 11.5 Å². The second kappa shape index (κ2) is 6.53. The lowest BCUT2D eigenvalue weighted by atomic mass is 9.67. The van der Waals surface area contributed by atoms with Crippen molar-refractivity contribution in [2.24, 2.45) is 10.4 Å². The lowest BCUT2D eigenvalue weighted by Gasteiger charge is -2.36. The fourth-order valence-corrected chi connectivity index (χ4v) is 2.57. The number of hydrogen-bond acceptors (Lipinski definition) is 2. The molecule has 2 heteroatoms. The van der Waals surface area contributed by atoms with Crippen LogP contribution in [0.15, 0.2) is 30.3 Å². The van der Waals surface area contributed by atoms with Crippen molar-refractivity contribution in [3.8, 4) is 0 Å². The van der Waals surface area contributed by atoms with Crippen LogP contribution < -0.4 is 0 Å². The van der Waals surface area contributed by atoms with Crippen LogP contribution in [0.5, 0.6) is 0 Å². The highest BCUT2D eigenvalue weighted by molar-refractivity contribution is 6.11. The Morgan fingerprint density at radius 2 is 1.94 bits per heavy atom. The van der Waals surface area contributed by atoms with Gasteiger partial charge in [0.05, 0.1) is 5.41 Å². The highest BCUT2D eigenvalue weighted by Gasteiger charge is 2.42. The third kappa shape index (κ3) is 2.93. The van der Waals surface area contributed by atoms with Crippen LogP contribution in [-0.2, 0) is 4.79 Å². The van der Waals surface area contributed by atoms with Gasteiger partial charge in [-0.1, -0.05) is 19.1 Å². The summed E-state index contributed by atoms with van der Waals surface area (Å²) in [6, 6.07) is 0. The SMILES string of the molecule is C=CCC1(CC=C)C(=O)CCCC1=NCCC. The standard InChI is InChI=1S/C15H23NO/c1-4-10-15(11-5-2)13(16-12-6-3)8-7-9-14(15)17/h4-5H,1-2,6-12H2,3H3. The van der Waals surface area contributed by atoms with Gasteiger partial charge < -0.3 is 0 Å². The molecular weight excluding hydrogens is 210 g/mol. The Balaban J connectivity index is 3.08. The lowest BCUT2D eigenvalue weighted by Crippen LogP contribution is -2.42. The summed E-state index contributed by atoms with van der Waals surface area (Å²) >= 11 is 0. The average molecular weight is 233 g/mol. The number of Topliss-reactive ketones (excluding diaryl/α,β-unsaturated/α-hetero) is 1. The van der Waals surface area contributed by atoms with Gasteiger partial charge in [0.15, 0.2) is 0 Å². The molecule has 0 atom stereocenters. The second-order valence-electron chi connectivity index (χ2n) is 4.67. The Hall–Kier alpha value is -1.18. The van der Waals surface area contributed by atoms with Gasteiger partial charge in [-0.15, -0.1) is 13.2 Å². The number of hydrogen-bond donors (Lipinski definition) is 0. The number of allylic oxidation sites excluding steroid dienone is 2. The summed E-state index contributed by atoms with van der Waals surface area (Å²) in [6.07, 6.45) is 8.66. The molecule has 0 aromatic heterocycles. The van der Waals surface area contributed by atoms with E-state index in [-0.39, 0.29) is 0 Å². The summed E-state index contributed by atoms with van der Waals surface area (Å²) in [5, 5.41) is 0. The largest absolute Gasteiger partial charge is 0.299 e. The maximum Gasteiger partial charge on any atom is 0.145 e. The van der Waals surface area contributed by atoms with Crippen LogP contribution in [0.2, 0.25) is 0 Å². The van der Waals surface area contributed by atoms with Gasteiger partial charge in [-0.2, -0.15) is 0 Å². The van der Waals surface area contributed by atoms with Gasteiger partial charge in [0.25, 0.3) is 0 Å². The molecule has 0 aliphatic heterocycles. The van der Waals surface area contributed by atoms with Gasteiger partial charge in [0.1, 0.15) is 5.78 Å². The number of aliphatic imine (C=N–C) groups is 1. The Kier molecular flexibility index (Phi) is 5.33. The number of ketones is 1. The molecule has 0 N–H and O–H groups in total. The van der Waals surface area contributed by atoms with E-state index in [2.05, 4.69) is 25.1 Å². The molecule has 1 aliphatic rings. The zero-order chi connectivity index (χ0) is 12.7. The van der Waals surface area contributed by atoms with Gasteiger partial charge in [-0.05, 0) is 32.1 Å². The normalized spacial score (nSPS) is 21.5. The van der Waals surface area contributed by atoms with Crippen LogP contribution in [0.4, 0.5) is 0 Å². The van der Waals surface area contributed by atoms with E-state index in [4.69, 9.17) is 0 Å². The first-order chi connectivity index (χ1) is 8.21. The van der Waals surface area contributed by atoms with Gasteiger partial charge in [-0.25, -0.2) is 0 Å². The smallest absolute Gasteiger partial charge is 0.145 e. The predicted octanol–water partition coefficient (Wildman–Crippen LogP) is 3.73. The van der Waals surface area contributed by atoms with Crippen molar-refractivity contribution in [2.75, 3.05) is 6.54 Å². The maximum atomic E-state index is 12.3. The van der Waals surface area contributed by atoms with E-state index in [1.54, 1.807) is 0 Å². The molecule has 1 fully saturated rings. The Bertz CT molecular complexity index is 318. The first-order valence-electron chi connectivity index (χ1n) is 6.50. The topological polar surface area (TPSA) is 29.4 Å². The molecule has 1 aliphatic carbocycles. The average Bonchev–Trinajstić information content (AvgIpc) is 2.32. The molecule has 1 rings (SSSR count). The highest BCUT2D eigenvalue weighted by atomic mass is 16.1. The first kappa shape index (κ1) is 13.9. The molecule has 0 aromatic rings. The zero-order valence-electron chi connectivity index (χ0n) is 10.9. The minimum atomic E-state index is -0.420. The molecule has 0 amide bonds. The fraction of sp³-hybridized carbons (Fsp3) is 0.600. The van der Waals surface area contributed by atoms with Crippen molar-refractivity contribution in [2.45, 2.75) is 45.4 Å². The van der Waals surface area contributed by atoms with E-state index in [0.29, 0.717) is 25.0 Å². The minimum absolute atomic E-state index is 0.318. The monoisotopic (exact) mass is 233 g/mol. The van der Waals surface area contributed by atoms with Crippen LogP contribution in [0.25, 0.3) is 0 Å². The van der Waals surface area contributed by atoms with Crippen LogP contribution in [0.3, 0.4) is 0 Å². The molecule has 2 nitrogen and oxygen atoms in total.